The summed E-state index contributed by atoms with van der Waals surface area (Å²) in [6.45, 7) is 3.15. The van der Waals surface area contributed by atoms with Gasteiger partial charge in [-0.3, -0.25) is 10.2 Å². The fraction of sp³-hybridized carbons (Fsp3) is 0.364. The molecule has 0 spiro atoms. The maximum atomic E-state index is 12.2. The second-order valence-corrected chi connectivity index (χ2v) is 5.69. The molecule has 0 heterocycles. The van der Waals surface area contributed by atoms with Gasteiger partial charge in [0.05, 0.1) is 13.2 Å². The van der Waals surface area contributed by atoms with Crippen LogP contribution in [0.1, 0.15) is 12.5 Å². The lowest BCUT2D eigenvalue weighted by Crippen LogP contribution is -2.47. The van der Waals surface area contributed by atoms with E-state index in [9.17, 15) is 13.2 Å². The van der Waals surface area contributed by atoms with Crippen molar-refractivity contribution in [2.75, 3.05) is 7.11 Å². The number of nitrogens with two attached hydrogens (primary N) is 1. The summed E-state index contributed by atoms with van der Waals surface area (Å²) in [5, 5.41) is 0. The molecule has 0 aliphatic carbocycles. The Balaban J connectivity index is 3.13. The van der Waals surface area contributed by atoms with Crippen LogP contribution in [-0.2, 0) is 14.8 Å². The van der Waals surface area contributed by atoms with Crippen LogP contribution in [0.2, 0.25) is 0 Å². The number of rotatable bonds is 5. The Labute approximate surface area is 112 Å². The number of methoxy groups -OCH3 is 1. The molecule has 0 aliphatic heterocycles. The summed E-state index contributed by atoms with van der Waals surface area (Å²) in [6, 6.07) is 3.76. The standard InChI is InChI=1S/C11H17N3O4S/c1-7-4-5-9(18-3)10(6-7)19(16,17)14-8(2)11(15)13-12/h4-6,8,14H,12H2,1-3H3,(H,13,15)/t8-/m1/s1. The van der Waals surface area contributed by atoms with Gasteiger partial charge in [-0.25, -0.2) is 14.3 Å². The third-order valence-electron chi connectivity index (χ3n) is 2.48. The zero-order chi connectivity index (χ0) is 14.6. The fourth-order valence-electron chi connectivity index (χ4n) is 1.47. The van der Waals surface area contributed by atoms with Gasteiger partial charge in [-0.05, 0) is 31.5 Å². The number of nitrogens with one attached hydrogen (secondary N) is 2. The lowest BCUT2D eigenvalue weighted by atomic mass is 10.2. The Kier molecular flexibility index (Phi) is 4.87. The topological polar surface area (TPSA) is 111 Å². The van der Waals surface area contributed by atoms with Gasteiger partial charge in [-0.2, -0.15) is 4.72 Å². The lowest BCUT2D eigenvalue weighted by Gasteiger charge is -2.15. The van der Waals surface area contributed by atoms with E-state index in [1.54, 1.807) is 19.1 Å². The minimum absolute atomic E-state index is 0.0216. The van der Waals surface area contributed by atoms with Gasteiger partial charge in [0.2, 0.25) is 10.0 Å². The first-order valence-corrected chi connectivity index (χ1v) is 6.97. The zero-order valence-electron chi connectivity index (χ0n) is 10.9. The molecular formula is C11H17N3O4S. The van der Waals surface area contributed by atoms with Crippen LogP contribution in [0.5, 0.6) is 5.75 Å². The predicted molar refractivity (Wildman–Crippen MR) is 69.8 cm³/mol. The fourth-order valence-corrected chi connectivity index (χ4v) is 2.93. The molecule has 106 valence electrons. The SMILES string of the molecule is COc1ccc(C)cc1S(=O)(=O)N[C@H](C)C(=O)NN. The van der Waals surface area contributed by atoms with Crippen LogP contribution in [0.25, 0.3) is 0 Å². The minimum Gasteiger partial charge on any atom is -0.495 e. The van der Waals surface area contributed by atoms with Gasteiger partial charge in [0.15, 0.2) is 0 Å². The number of hydrazine groups is 1. The number of hydrogen-bond donors (Lipinski definition) is 3. The maximum Gasteiger partial charge on any atom is 0.251 e. The van der Waals surface area contributed by atoms with Gasteiger partial charge in [0.25, 0.3) is 5.91 Å². The molecule has 7 nitrogen and oxygen atoms in total. The van der Waals surface area contributed by atoms with E-state index in [2.05, 4.69) is 4.72 Å². The molecule has 0 aliphatic rings. The average molecular weight is 287 g/mol. The van der Waals surface area contributed by atoms with Crippen molar-refractivity contribution in [3.63, 3.8) is 0 Å². The Morgan fingerprint density at radius 3 is 2.58 bits per heavy atom. The second-order valence-electron chi connectivity index (χ2n) is 4.01. The van der Waals surface area contributed by atoms with Crippen molar-refractivity contribution >= 4 is 15.9 Å². The Morgan fingerprint density at radius 1 is 1.42 bits per heavy atom. The Hall–Kier alpha value is -1.64. The summed E-state index contributed by atoms with van der Waals surface area (Å²) < 4.78 is 31.6. The van der Waals surface area contributed by atoms with Gasteiger partial charge in [-0.1, -0.05) is 6.07 Å². The molecule has 1 atom stereocenters. The van der Waals surface area contributed by atoms with Gasteiger partial charge in [-0.15, -0.1) is 0 Å². The second kappa shape index (κ2) is 6.00. The van der Waals surface area contributed by atoms with E-state index in [0.717, 1.165) is 5.56 Å². The number of benzene rings is 1. The number of amides is 1. The Bertz CT molecular complexity index is 571. The third kappa shape index (κ3) is 3.66. The number of sulfonamides is 1. The molecule has 0 saturated heterocycles. The first-order valence-electron chi connectivity index (χ1n) is 5.49. The van der Waals surface area contributed by atoms with E-state index in [1.807, 2.05) is 5.43 Å². The first kappa shape index (κ1) is 15.4. The van der Waals surface area contributed by atoms with Crippen LogP contribution in [-0.4, -0.2) is 27.5 Å². The molecule has 0 bridgehead atoms. The highest BCUT2D eigenvalue weighted by atomic mass is 32.2. The first-order chi connectivity index (χ1) is 8.81. The molecule has 1 aromatic rings. The van der Waals surface area contributed by atoms with Crippen molar-refractivity contribution in [2.45, 2.75) is 24.8 Å². The van der Waals surface area contributed by atoms with Gasteiger partial charge < -0.3 is 4.74 Å². The summed E-state index contributed by atoms with van der Waals surface area (Å²) in [6.07, 6.45) is 0. The van der Waals surface area contributed by atoms with Crippen LogP contribution in [0.3, 0.4) is 0 Å². The van der Waals surface area contributed by atoms with E-state index in [0.29, 0.717) is 0 Å². The van der Waals surface area contributed by atoms with E-state index >= 15 is 0 Å². The van der Waals surface area contributed by atoms with E-state index < -0.39 is 22.0 Å². The van der Waals surface area contributed by atoms with Crippen molar-refractivity contribution in [1.82, 2.24) is 10.1 Å². The molecule has 1 amide bonds. The molecule has 0 saturated carbocycles. The third-order valence-corrected chi connectivity index (χ3v) is 4.04. The molecule has 1 rings (SSSR count). The summed E-state index contributed by atoms with van der Waals surface area (Å²) >= 11 is 0. The minimum atomic E-state index is -3.87. The van der Waals surface area contributed by atoms with Crippen LogP contribution >= 0.6 is 0 Å². The highest BCUT2D eigenvalue weighted by molar-refractivity contribution is 7.89. The lowest BCUT2D eigenvalue weighted by molar-refractivity contribution is -0.122. The van der Waals surface area contributed by atoms with Crippen molar-refractivity contribution in [3.8, 4) is 5.75 Å². The number of aryl methyl sites for hydroxylation is 1. The zero-order valence-corrected chi connectivity index (χ0v) is 11.7. The molecule has 8 heteroatoms. The average Bonchev–Trinajstić information content (AvgIpc) is 2.37. The molecule has 0 unspecified atom stereocenters. The number of carbonyl (C=O) groups is 1. The van der Waals surface area contributed by atoms with Crippen molar-refractivity contribution < 1.29 is 17.9 Å². The van der Waals surface area contributed by atoms with Crippen LogP contribution in [0, 0.1) is 6.92 Å². The van der Waals surface area contributed by atoms with E-state index in [4.69, 9.17) is 10.6 Å². The molecule has 19 heavy (non-hydrogen) atoms. The highest BCUT2D eigenvalue weighted by Crippen LogP contribution is 2.24. The van der Waals surface area contributed by atoms with Crippen molar-refractivity contribution in [3.05, 3.63) is 23.8 Å². The predicted octanol–water partition coefficient (Wildman–Crippen LogP) is -0.340. The van der Waals surface area contributed by atoms with Crippen molar-refractivity contribution in [2.24, 2.45) is 5.84 Å². The number of carbonyl (C=O) groups excluding carboxylic acids is 1. The highest BCUT2D eigenvalue weighted by Gasteiger charge is 2.24. The molecule has 0 aromatic heterocycles. The molecule has 0 fully saturated rings. The summed E-state index contributed by atoms with van der Waals surface area (Å²) in [7, 11) is -2.50. The molecular weight excluding hydrogens is 270 g/mol. The summed E-state index contributed by atoms with van der Waals surface area (Å²) in [5.41, 5.74) is 2.64. The number of ether oxygens (including phenoxy) is 1. The van der Waals surface area contributed by atoms with Gasteiger partial charge >= 0.3 is 0 Å². The van der Waals surface area contributed by atoms with Crippen LogP contribution in [0.4, 0.5) is 0 Å². The smallest absolute Gasteiger partial charge is 0.251 e. The quantitative estimate of drug-likeness (QED) is 0.390. The summed E-state index contributed by atoms with van der Waals surface area (Å²) in [5.74, 6) is 4.53. The molecule has 0 radical (unpaired) electrons. The Morgan fingerprint density at radius 2 is 2.05 bits per heavy atom. The largest absolute Gasteiger partial charge is 0.495 e. The van der Waals surface area contributed by atoms with Crippen LogP contribution in [0.15, 0.2) is 23.1 Å². The summed E-state index contributed by atoms with van der Waals surface area (Å²) in [4.78, 5) is 11.2. The van der Waals surface area contributed by atoms with Crippen molar-refractivity contribution in [1.29, 1.82) is 0 Å². The molecule has 1 aromatic carbocycles. The monoisotopic (exact) mass is 287 g/mol. The molecule has 4 N–H and O–H groups in total. The number of hydrogen-bond acceptors (Lipinski definition) is 5. The normalized spacial score (nSPS) is 12.8. The van der Waals surface area contributed by atoms with Crippen LogP contribution < -0.4 is 20.7 Å². The van der Waals surface area contributed by atoms with E-state index in [-0.39, 0.29) is 10.6 Å². The van der Waals surface area contributed by atoms with Gasteiger partial charge in [0.1, 0.15) is 10.6 Å². The van der Waals surface area contributed by atoms with Gasteiger partial charge in [0, 0.05) is 0 Å². The maximum absolute atomic E-state index is 12.2. The van der Waals surface area contributed by atoms with E-state index in [1.165, 1.54) is 20.1 Å².